The van der Waals surface area contributed by atoms with Crippen molar-refractivity contribution < 1.29 is 4.74 Å². The monoisotopic (exact) mass is 234 g/mol. The Labute approximate surface area is 104 Å². The van der Waals surface area contributed by atoms with E-state index >= 15 is 0 Å². The van der Waals surface area contributed by atoms with E-state index in [0.717, 1.165) is 25.3 Å². The maximum absolute atomic E-state index is 5.93. The minimum Gasteiger partial charge on any atom is -0.475 e. The van der Waals surface area contributed by atoms with Crippen LogP contribution in [-0.4, -0.2) is 30.8 Å². The van der Waals surface area contributed by atoms with Gasteiger partial charge < -0.3 is 10.5 Å². The van der Waals surface area contributed by atoms with Crippen molar-refractivity contribution in [3.63, 3.8) is 0 Å². The summed E-state index contributed by atoms with van der Waals surface area (Å²) >= 11 is 0. The van der Waals surface area contributed by atoms with Crippen LogP contribution in [0.1, 0.15) is 25.3 Å². The van der Waals surface area contributed by atoms with Crippen molar-refractivity contribution >= 4 is 0 Å². The summed E-state index contributed by atoms with van der Waals surface area (Å²) < 4.78 is 5.93. The molecule has 0 aliphatic carbocycles. The lowest BCUT2D eigenvalue weighted by molar-refractivity contribution is 0.0592. The predicted octanol–water partition coefficient (Wildman–Crippen LogP) is 2.01. The summed E-state index contributed by atoms with van der Waals surface area (Å²) in [4.78, 5) is 2.38. The molecule has 0 spiro atoms. The van der Waals surface area contributed by atoms with Gasteiger partial charge in [-0.05, 0) is 50.4 Å². The molecule has 2 N–H and O–H groups in total. The summed E-state index contributed by atoms with van der Waals surface area (Å²) in [5, 5.41) is 0. The molecule has 17 heavy (non-hydrogen) atoms. The van der Waals surface area contributed by atoms with E-state index in [0.29, 0.717) is 6.54 Å². The highest BCUT2D eigenvalue weighted by Gasteiger charge is 2.18. The third-order valence-corrected chi connectivity index (χ3v) is 3.32. The van der Waals surface area contributed by atoms with Crippen LogP contribution in [0.4, 0.5) is 0 Å². The molecule has 2 rings (SSSR count). The summed E-state index contributed by atoms with van der Waals surface area (Å²) in [6, 6.07) is 8.27. The van der Waals surface area contributed by atoms with Gasteiger partial charge >= 0.3 is 0 Å². The Balaban J connectivity index is 1.89. The van der Waals surface area contributed by atoms with Crippen molar-refractivity contribution in [1.29, 1.82) is 0 Å². The summed E-state index contributed by atoms with van der Waals surface area (Å²) in [5.41, 5.74) is 6.80. The van der Waals surface area contributed by atoms with E-state index in [1.54, 1.807) is 0 Å². The molecule has 1 unspecified atom stereocenters. The molecule has 1 aliphatic rings. The molecule has 1 atom stereocenters. The number of likely N-dealkylation sites (tertiary alicyclic amines) is 1. The highest BCUT2D eigenvalue weighted by molar-refractivity contribution is 5.27. The first kappa shape index (κ1) is 12.4. The molecule has 3 nitrogen and oxygen atoms in total. The lowest BCUT2D eigenvalue weighted by atomic mass is 10.1. The van der Waals surface area contributed by atoms with Crippen LogP contribution in [-0.2, 0) is 6.42 Å². The lowest BCUT2D eigenvalue weighted by Crippen LogP contribution is -2.34. The maximum atomic E-state index is 5.93. The van der Waals surface area contributed by atoms with Gasteiger partial charge in [-0.3, -0.25) is 4.90 Å². The number of benzene rings is 1. The molecule has 0 bridgehead atoms. The predicted molar refractivity (Wildman–Crippen MR) is 70.1 cm³/mol. The van der Waals surface area contributed by atoms with Gasteiger partial charge in [0.05, 0.1) is 0 Å². The Kier molecular flexibility index (Phi) is 4.40. The molecule has 1 aromatic rings. The van der Waals surface area contributed by atoms with Crippen LogP contribution < -0.4 is 10.5 Å². The van der Waals surface area contributed by atoms with Crippen LogP contribution in [0.5, 0.6) is 5.75 Å². The van der Waals surface area contributed by atoms with Crippen LogP contribution in [0.3, 0.4) is 0 Å². The molecule has 0 radical (unpaired) electrons. The van der Waals surface area contributed by atoms with Gasteiger partial charge in [-0.25, -0.2) is 0 Å². The smallest absolute Gasteiger partial charge is 0.149 e. The molecule has 1 heterocycles. The minimum absolute atomic E-state index is 0.179. The fourth-order valence-corrected chi connectivity index (χ4v) is 2.28. The Bertz CT molecular complexity index is 331. The third kappa shape index (κ3) is 3.45. The maximum Gasteiger partial charge on any atom is 0.149 e. The zero-order chi connectivity index (χ0) is 12.1. The molecule has 0 aromatic heterocycles. The van der Waals surface area contributed by atoms with E-state index in [2.05, 4.69) is 24.0 Å². The van der Waals surface area contributed by atoms with Gasteiger partial charge in [0.25, 0.3) is 0 Å². The zero-order valence-corrected chi connectivity index (χ0v) is 10.6. The SMILES string of the molecule is CC(Oc1ccc(CCN)cc1)N1CCCC1. The number of nitrogens with zero attached hydrogens (tertiary/aromatic N) is 1. The van der Waals surface area contributed by atoms with Crippen LogP contribution in [0.25, 0.3) is 0 Å². The molecule has 1 aliphatic heterocycles. The van der Waals surface area contributed by atoms with Crippen molar-refractivity contribution in [2.45, 2.75) is 32.4 Å². The van der Waals surface area contributed by atoms with E-state index in [1.165, 1.54) is 18.4 Å². The Morgan fingerprint density at radius 1 is 1.24 bits per heavy atom. The first-order valence-electron chi connectivity index (χ1n) is 6.49. The topological polar surface area (TPSA) is 38.5 Å². The molecule has 94 valence electrons. The Morgan fingerprint density at radius 3 is 2.47 bits per heavy atom. The third-order valence-electron chi connectivity index (χ3n) is 3.32. The molecule has 0 amide bonds. The highest BCUT2D eigenvalue weighted by Crippen LogP contribution is 2.18. The van der Waals surface area contributed by atoms with Crippen molar-refractivity contribution in [3.8, 4) is 5.75 Å². The summed E-state index contributed by atoms with van der Waals surface area (Å²) in [6.45, 7) is 5.14. The van der Waals surface area contributed by atoms with Gasteiger partial charge in [0.15, 0.2) is 0 Å². The molecule has 0 saturated carbocycles. The van der Waals surface area contributed by atoms with Crippen LogP contribution in [0, 0.1) is 0 Å². The average Bonchev–Trinajstić information content (AvgIpc) is 2.86. The standard InChI is InChI=1S/C14H22N2O/c1-12(16-10-2-3-11-16)17-14-6-4-13(5-7-14)8-9-15/h4-7,12H,2-3,8-11,15H2,1H3. The number of hydrogen-bond donors (Lipinski definition) is 1. The van der Waals surface area contributed by atoms with Gasteiger partial charge in [0.1, 0.15) is 12.0 Å². The van der Waals surface area contributed by atoms with Crippen molar-refractivity contribution in [2.24, 2.45) is 5.73 Å². The van der Waals surface area contributed by atoms with E-state index in [-0.39, 0.29) is 6.23 Å². The second kappa shape index (κ2) is 6.03. The minimum atomic E-state index is 0.179. The molecule has 3 heteroatoms. The number of rotatable bonds is 5. The van der Waals surface area contributed by atoms with Gasteiger partial charge in [-0.1, -0.05) is 12.1 Å². The van der Waals surface area contributed by atoms with Crippen molar-refractivity contribution in [2.75, 3.05) is 19.6 Å². The first-order valence-corrected chi connectivity index (χ1v) is 6.49. The number of ether oxygens (including phenoxy) is 1. The van der Waals surface area contributed by atoms with Gasteiger partial charge in [-0.15, -0.1) is 0 Å². The summed E-state index contributed by atoms with van der Waals surface area (Å²) in [5.74, 6) is 0.949. The van der Waals surface area contributed by atoms with Gasteiger partial charge in [0, 0.05) is 13.1 Å². The lowest BCUT2D eigenvalue weighted by Gasteiger charge is -2.24. The molecule has 1 aromatic carbocycles. The Hall–Kier alpha value is -1.06. The molecule has 1 saturated heterocycles. The van der Waals surface area contributed by atoms with Gasteiger partial charge in [-0.2, -0.15) is 0 Å². The second-order valence-electron chi connectivity index (χ2n) is 4.64. The molecule has 1 fully saturated rings. The van der Waals surface area contributed by atoms with Crippen LogP contribution in [0.2, 0.25) is 0 Å². The summed E-state index contributed by atoms with van der Waals surface area (Å²) in [7, 11) is 0. The van der Waals surface area contributed by atoms with Crippen molar-refractivity contribution in [1.82, 2.24) is 4.90 Å². The molecular weight excluding hydrogens is 212 g/mol. The average molecular weight is 234 g/mol. The fourth-order valence-electron chi connectivity index (χ4n) is 2.28. The van der Waals surface area contributed by atoms with Gasteiger partial charge in [0.2, 0.25) is 0 Å². The normalized spacial score (nSPS) is 18.2. The van der Waals surface area contributed by atoms with Crippen molar-refractivity contribution in [3.05, 3.63) is 29.8 Å². The van der Waals surface area contributed by atoms with Crippen LogP contribution in [0.15, 0.2) is 24.3 Å². The number of nitrogens with two attached hydrogens (primary N) is 1. The highest BCUT2D eigenvalue weighted by atomic mass is 16.5. The number of hydrogen-bond acceptors (Lipinski definition) is 3. The van der Waals surface area contributed by atoms with Crippen LogP contribution >= 0.6 is 0 Å². The first-order chi connectivity index (χ1) is 8.29. The zero-order valence-electron chi connectivity index (χ0n) is 10.6. The van der Waals surface area contributed by atoms with E-state index in [1.807, 2.05) is 12.1 Å². The summed E-state index contributed by atoms with van der Waals surface area (Å²) in [6.07, 6.45) is 3.70. The van der Waals surface area contributed by atoms with E-state index in [4.69, 9.17) is 10.5 Å². The largest absolute Gasteiger partial charge is 0.475 e. The molecular formula is C14H22N2O. The quantitative estimate of drug-likeness (QED) is 0.847. The van der Waals surface area contributed by atoms with E-state index in [9.17, 15) is 0 Å². The van der Waals surface area contributed by atoms with E-state index < -0.39 is 0 Å². The Morgan fingerprint density at radius 2 is 1.88 bits per heavy atom. The second-order valence-corrected chi connectivity index (χ2v) is 4.64. The fraction of sp³-hybridized carbons (Fsp3) is 0.571.